The van der Waals surface area contributed by atoms with E-state index in [2.05, 4.69) is 0 Å². The van der Waals surface area contributed by atoms with Crippen LogP contribution in [0.5, 0.6) is 0 Å². The van der Waals surface area contributed by atoms with Crippen molar-refractivity contribution in [3.8, 4) is 0 Å². The number of carbonyl (C=O) groups is 1. The molecular weight excluding hydrogens is 267 g/mol. The van der Waals surface area contributed by atoms with Crippen LogP contribution in [-0.2, 0) is 4.79 Å². The van der Waals surface area contributed by atoms with E-state index in [0.717, 1.165) is 6.07 Å². The molecule has 1 saturated heterocycles. The van der Waals surface area contributed by atoms with Gasteiger partial charge >= 0.3 is 11.7 Å². The molecule has 0 unspecified atom stereocenters. The lowest BCUT2D eigenvalue weighted by Gasteiger charge is -2.37. The predicted octanol–water partition coefficient (Wildman–Crippen LogP) is 2.43. The van der Waals surface area contributed by atoms with Crippen LogP contribution in [0, 0.1) is 21.3 Å². The van der Waals surface area contributed by atoms with Gasteiger partial charge in [-0.2, -0.15) is 4.39 Å². The van der Waals surface area contributed by atoms with Gasteiger partial charge in [0.2, 0.25) is 5.82 Å². The van der Waals surface area contributed by atoms with E-state index in [-0.39, 0.29) is 5.69 Å². The molecule has 0 saturated carbocycles. The van der Waals surface area contributed by atoms with Gasteiger partial charge in [0.25, 0.3) is 0 Å². The van der Waals surface area contributed by atoms with Crippen LogP contribution in [0.1, 0.15) is 19.8 Å². The number of nitrogens with zero attached hydrogens (tertiary/aromatic N) is 2. The minimum atomic E-state index is -0.876. The van der Waals surface area contributed by atoms with E-state index < -0.39 is 27.8 Å². The van der Waals surface area contributed by atoms with Crippen molar-refractivity contribution in [1.29, 1.82) is 0 Å². The van der Waals surface area contributed by atoms with Crippen LogP contribution in [0.15, 0.2) is 18.2 Å². The number of benzene rings is 1. The zero-order valence-corrected chi connectivity index (χ0v) is 11.0. The lowest BCUT2D eigenvalue weighted by molar-refractivity contribution is -0.386. The van der Waals surface area contributed by atoms with Crippen molar-refractivity contribution < 1.29 is 19.2 Å². The molecule has 1 fully saturated rings. The monoisotopic (exact) mass is 282 g/mol. The second-order valence-corrected chi connectivity index (χ2v) is 5.22. The van der Waals surface area contributed by atoms with Gasteiger partial charge in [0.05, 0.1) is 10.3 Å². The molecule has 0 atom stereocenters. The first-order valence-electron chi connectivity index (χ1n) is 6.26. The van der Waals surface area contributed by atoms with E-state index in [1.807, 2.05) is 0 Å². The van der Waals surface area contributed by atoms with Gasteiger partial charge in [0.15, 0.2) is 0 Å². The van der Waals surface area contributed by atoms with Crippen LogP contribution in [0.2, 0.25) is 0 Å². The molecule has 0 radical (unpaired) electrons. The lowest BCUT2D eigenvalue weighted by atomic mass is 9.80. The van der Waals surface area contributed by atoms with Gasteiger partial charge in [-0.15, -0.1) is 0 Å². The highest BCUT2D eigenvalue weighted by molar-refractivity contribution is 5.75. The van der Waals surface area contributed by atoms with E-state index in [1.54, 1.807) is 11.8 Å². The van der Waals surface area contributed by atoms with Gasteiger partial charge in [-0.05, 0) is 31.9 Å². The summed E-state index contributed by atoms with van der Waals surface area (Å²) in [6, 6.07) is 3.96. The molecule has 0 aromatic heterocycles. The highest BCUT2D eigenvalue weighted by atomic mass is 19.1. The smallest absolute Gasteiger partial charge is 0.327 e. The van der Waals surface area contributed by atoms with Crippen molar-refractivity contribution in [3.05, 3.63) is 34.1 Å². The molecule has 108 valence electrons. The first kappa shape index (κ1) is 14.2. The summed E-state index contributed by atoms with van der Waals surface area (Å²) < 4.78 is 13.6. The summed E-state index contributed by atoms with van der Waals surface area (Å²) >= 11 is 0. The zero-order chi connectivity index (χ0) is 14.9. The largest absolute Gasteiger partial charge is 0.481 e. The third kappa shape index (κ3) is 2.43. The Kier molecular flexibility index (Phi) is 3.61. The second-order valence-electron chi connectivity index (χ2n) is 5.22. The van der Waals surface area contributed by atoms with Crippen LogP contribution >= 0.6 is 0 Å². The Morgan fingerprint density at radius 1 is 1.45 bits per heavy atom. The summed E-state index contributed by atoms with van der Waals surface area (Å²) in [7, 11) is 0. The normalized spacial score (nSPS) is 17.8. The van der Waals surface area contributed by atoms with E-state index in [9.17, 15) is 19.3 Å². The van der Waals surface area contributed by atoms with Crippen LogP contribution in [-0.4, -0.2) is 29.1 Å². The standard InChI is InChI=1S/C13H15FN2O4/c1-13(12(17)18)5-7-15(8-6-13)10-4-2-3-9(14)11(10)16(19)20/h2-4H,5-8H2,1H3,(H,17,18). The number of halogens is 1. The molecule has 0 bridgehead atoms. The lowest BCUT2D eigenvalue weighted by Crippen LogP contribution is -2.42. The van der Waals surface area contributed by atoms with Crippen molar-refractivity contribution in [2.45, 2.75) is 19.8 Å². The number of nitro benzene ring substituents is 1. The first-order chi connectivity index (χ1) is 9.35. The number of nitro groups is 1. The third-order valence-electron chi connectivity index (χ3n) is 3.87. The fourth-order valence-electron chi connectivity index (χ4n) is 2.39. The van der Waals surface area contributed by atoms with Crippen molar-refractivity contribution >= 4 is 17.3 Å². The topological polar surface area (TPSA) is 83.7 Å². The number of hydrogen-bond donors (Lipinski definition) is 1. The molecule has 1 aromatic rings. The van der Waals surface area contributed by atoms with E-state index in [1.165, 1.54) is 12.1 Å². The second kappa shape index (κ2) is 5.07. The molecule has 7 heteroatoms. The third-order valence-corrected chi connectivity index (χ3v) is 3.87. The van der Waals surface area contributed by atoms with Crippen LogP contribution < -0.4 is 4.90 Å². The first-order valence-corrected chi connectivity index (χ1v) is 6.26. The maximum absolute atomic E-state index is 13.6. The molecule has 0 aliphatic carbocycles. The van der Waals surface area contributed by atoms with Crippen LogP contribution in [0.4, 0.5) is 15.8 Å². The number of piperidine rings is 1. The fraction of sp³-hybridized carbons (Fsp3) is 0.462. The number of rotatable bonds is 3. The minimum absolute atomic E-state index is 0.211. The summed E-state index contributed by atoms with van der Waals surface area (Å²) in [6.45, 7) is 2.37. The molecule has 0 amide bonds. The maximum atomic E-state index is 13.6. The van der Waals surface area contributed by atoms with Gasteiger partial charge in [0.1, 0.15) is 5.69 Å². The summed E-state index contributed by atoms with van der Waals surface area (Å²) in [5, 5.41) is 20.1. The molecule has 6 nitrogen and oxygen atoms in total. The molecule has 1 aliphatic rings. The number of carboxylic acid groups (broad SMARTS) is 1. The molecule has 1 N–H and O–H groups in total. The molecule has 0 spiro atoms. The van der Waals surface area contributed by atoms with E-state index in [0.29, 0.717) is 25.9 Å². The molecule has 1 heterocycles. The summed E-state index contributed by atoms with van der Waals surface area (Å²) in [6.07, 6.45) is 0.742. The van der Waals surface area contributed by atoms with Crippen molar-refractivity contribution in [3.63, 3.8) is 0 Å². The average molecular weight is 282 g/mol. The number of hydrogen-bond acceptors (Lipinski definition) is 4. The zero-order valence-electron chi connectivity index (χ0n) is 11.0. The van der Waals surface area contributed by atoms with Crippen molar-refractivity contribution in [2.75, 3.05) is 18.0 Å². The number of anilines is 1. The minimum Gasteiger partial charge on any atom is -0.481 e. The van der Waals surface area contributed by atoms with E-state index in [4.69, 9.17) is 5.11 Å². The Balaban J connectivity index is 2.26. The summed E-state index contributed by atoms with van der Waals surface area (Å²) in [4.78, 5) is 23.1. The molecule has 2 rings (SSSR count). The highest BCUT2D eigenvalue weighted by Gasteiger charge is 2.38. The van der Waals surface area contributed by atoms with Crippen LogP contribution in [0.3, 0.4) is 0 Å². The summed E-state index contributed by atoms with van der Waals surface area (Å²) in [5.74, 6) is -1.75. The Morgan fingerprint density at radius 2 is 2.05 bits per heavy atom. The Morgan fingerprint density at radius 3 is 2.55 bits per heavy atom. The number of carboxylic acids is 1. The molecule has 20 heavy (non-hydrogen) atoms. The number of para-hydroxylation sites is 1. The van der Waals surface area contributed by atoms with Crippen molar-refractivity contribution in [1.82, 2.24) is 0 Å². The SMILES string of the molecule is CC1(C(=O)O)CCN(c2cccc(F)c2[N+](=O)[O-])CC1. The summed E-state index contributed by atoms with van der Waals surface area (Å²) in [5.41, 5.74) is -1.16. The number of aliphatic carboxylic acids is 1. The van der Waals surface area contributed by atoms with Crippen LogP contribution in [0.25, 0.3) is 0 Å². The fourth-order valence-corrected chi connectivity index (χ4v) is 2.39. The average Bonchev–Trinajstić information content (AvgIpc) is 2.38. The van der Waals surface area contributed by atoms with E-state index >= 15 is 0 Å². The quantitative estimate of drug-likeness (QED) is 0.680. The van der Waals surface area contributed by atoms with Crippen molar-refractivity contribution in [2.24, 2.45) is 5.41 Å². The highest BCUT2D eigenvalue weighted by Crippen LogP contribution is 2.37. The Hall–Kier alpha value is -2.18. The molecule has 1 aromatic carbocycles. The van der Waals surface area contributed by atoms with Gasteiger partial charge in [-0.1, -0.05) is 6.07 Å². The Bertz CT molecular complexity index is 553. The predicted molar refractivity (Wildman–Crippen MR) is 70.2 cm³/mol. The van der Waals surface area contributed by atoms with Gasteiger partial charge in [-0.3, -0.25) is 14.9 Å². The van der Waals surface area contributed by atoms with Gasteiger partial charge < -0.3 is 10.0 Å². The Labute approximate surface area is 115 Å². The molecular formula is C13H15FN2O4. The molecule has 1 aliphatic heterocycles. The van der Waals surface area contributed by atoms with Gasteiger partial charge in [-0.25, -0.2) is 0 Å². The maximum Gasteiger partial charge on any atom is 0.327 e. The van der Waals surface area contributed by atoms with Gasteiger partial charge in [0, 0.05) is 13.1 Å².